The Hall–Kier alpha value is -3.09. The highest BCUT2D eigenvalue weighted by atomic mass is 16.5. The summed E-state index contributed by atoms with van der Waals surface area (Å²) in [6.45, 7) is 6.09. The van der Waals surface area contributed by atoms with Crippen LogP contribution in [0.1, 0.15) is 22.5 Å². The summed E-state index contributed by atoms with van der Waals surface area (Å²) in [6.07, 6.45) is 2.94. The van der Waals surface area contributed by atoms with Gasteiger partial charge in [-0.15, -0.1) is 0 Å². The van der Waals surface area contributed by atoms with Crippen LogP contribution in [-0.4, -0.2) is 41.4 Å². The third-order valence-corrected chi connectivity index (χ3v) is 3.98. The van der Waals surface area contributed by atoms with E-state index in [1.807, 2.05) is 52.1 Å². The topological polar surface area (TPSA) is 82.4 Å². The number of aromatic nitrogens is 2. The lowest BCUT2D eigenvalue weighted by atomic mass is 10.2. The van der Waals surface area contributed by atoms with E-state index in [1.54, 1.807) is 10.8 Å². The quantitative estimate of drug-likeness (QED) is 0.437. The number of carbonyl (C=O) groups excluding carboxylic acids is 2. The molecule has 0 aliphatic rings. The Balaban J connectivity index is 1.67. The predicted molar refractivity (Wildman–Crippen MR) is 102 cm³/mol. The lowest BCUT2D eigenvalue weighted by Crippen LogP contribution is -2.31. The van der Waals surface area contributed by atoms with E-state index in [4.69, 9.17) is 9.47 Å². The zero-order valence-electron chi connectivity index (χ0n) is 16.1. The Kier molecular flexibility index (Phi) is 7.16. The Morgan fingerprint density at radius 2 is 2.04 bits per heavy atom. The van der Waals surface area contributed by atoms with Crippen LogP contribution in [0.2, 0.25) is 0 Å². The molecule has 2 aromatic rings. The summed E-state index contributed by atoms with van der Waals surface area (Å²) in [6, 6.07) is 7.66. The van der Waals surface area contributed by atoms with E-state index < -0.39 is 5.97 Å². The molecule has 0 aliphatic carbocycles. The maximum atomic E-state index is 11.8. The van der Waals surface area contributed by atoms with Gasteiger partial charge in [0.05, 0.1) is 12.2 Å². The van der Waals surface area contributed by atoms with Crippen molar-refractivity contribution >= 4 is 18.0 Å². The van der Waals surface area contributed by atoms with E-state index in [1.165, 1.54) is 6.08 Å². The van der Waals surface area contributed by atoms with Crippen molar-refractivity contribution in [1.29, 1.82) is 0 Å². The number of hydrogen-bond donors (Lipinski definition) is 1. The lowest BCUT2D eigenvalue weighted by molar-refractivity contribution is -0.143. The van der Waals surface area contributed by atoms with Gasteiger partial charge in [-0.1, -0.05) is 12.1 Å². The zero-order chi connectivity index (χ0) is 19.8. The lowest BCUT2D eigenvalue weighted by Gasteiger charge is -2.08. The first kappa shape index (κ1) is 20.2. The molecule has 7 nitrogen and oxygen atoms in total. The highest BCUT2D eigenvalue weighted by Gasteiger charge is 2.08. The van der Waals surface area contributed by atoms with Gasteiger partial charge in [-0.3, -0.25) is 9.48 Å². The fraction of sp³-hybridized carbons (Fsp3) is 0.350. The normalized spacial score (nSPS) is 10.8. The summed E-state index contributed by atoms with van der Waals surface area (Å²) < 4.78 is 12.2. The molecule has 0 atom stereocenters. The number of amides is 1. The van der Waals surface area contributed by atoms with E-state index in [-0.39, 0.29) is 12.5 Å². The summed E-state index contributed by atoms with van der Waals surface area (Å²) in [7, 11) is 1.84. The van der Waals surface area contributed by atoms with Crippen molar-refractivity contribution in [2.24, 2.45) is 7.05 Å². The highest BCUT2D eigenvalue weighted by Crippen LogP contribution is 2.13. The molecule has 27 heavy (non-hydrogen) atoms. The van der Waals surface area contributed by atoms with E-state index in [0.29, 0.717) is 13.2 Å². The summed E-state index contributed by atoms with van der Waals surface area (Å²) in [5, 5.41) is 6.91. The van der Waals surface area contributed by atoms with Gasteiger partial charge in [0.1, 0.15) is 12.4 Å². The Labute approximate surface area is 159 Å². The van der Waals surface area contributed by atoms with Crippen LogP contribution in [0.25, 0.3) is 6.08 Å². The predicted octanol–water partition coefficient (Wildman–Crippen LogP) is 2.10. The van der Waals surface area contributed by atoms with Crippen LogP contribution in [0, 0.1) is 20.8 Å². The second-order valence-electron chi connectivity index (χ2n) is 6.16. The number of hydrogen-bond acceptors (Lipinski definition) is 5. The van der Waals surface area contributed by atoms with E-state index >= 15 is 0 Å². The number of nitrogens with one attached hydrogen (secondary N) is 1. The Bertz CT molecular complexity index is 840. The average Bonchev–Trinajstić information content (AvgIpc) is 2.87. The number of ether oxygens (including phenoxy) is 2. The van der Waals surface area contributed by atoms with Crippen LogP contribution in [0.4, 0.5) is 0 Å². The molecular formula is C20H25N3O4. The van der Waals surface area contributed by atoms with Gasteiger partial charge < -0.3 is 14.8 Å². The van der Waals surface area contributed by atoms with Crippen LogP contribution in [0.15, 0.2) is 30.3 Å². The molecule has 1 aromatic heterocycles. The van der Waals surface area contributed by atoms with Gasteiger partial charge in [0, 0.05) is 24.4 Å². The number of nitrogens with zero attached hydrogens (tertiary/aromatic N) is 2. The second-order valence-corrected chi connectivity index (χ2v) is 6.16. The molecule has 0 bridgehead atoms. The van der Waals surface area contributed by atoms with E-state index in [9.17, 15) is 9.59 Å². The molecule has 0 aliphatic heterocycles. The number of rotatable bonds is 8. The van der Waals surface area contributed by atoms with Crippen molar-refractivity contribution in [3.8, 4) is 5.75 Å². The SMILES string of the molecule is Cc1cccc(OCCNC(=O)COC(=O)/C=C/c2c(C)nn(C)c2C)c1. The van der Waals surface area contributed by atoms with Crippen molar-refractivity contribution in [3.63, 3.8) is 0 Å². The molecule has 0 saturated carbocycles. The molecule has 2 rings (SSSR count). The molecule has 0 unspecified atom stereocenters. The van der Waals surface area contributed by atoms with Crippen molar-refractivity contribution in [3.05, 3.63) is 52.9 Å². The van der Waals surface area contributed by atoms with Crippen LogP contribution in [0.5, 0.6) is 5.75 Å². The van der Waals surface area contributed by atoms with Crippen molar-refractivity contribution in [2.75, 3.05) is 19.8 Å². The number of carbonyl (C=O) groups is 2. The first-order chi connectivity index (χ1) is 12.9. The largest absolute Gasteiger partial charge is 0.492 e. The Morgan fingerprint density at radius 3 is 2.70 bits per heavy atom. The minimum atomic E-state index is -0.580. The fourth-order valence-electron chi connectivity index (χ4n) is 2.48. The van der Waals surface area contributed by atoms with Gasteiger partial charge >= 0.3 is 5.97 Å². The van der Waals surface area contributed by atoms with Gasteiger partial charge in [0.2, 0.25) is 0 Å². The first-order valence-electron chi connectivity index (χ1n) is 8.68. The fourth-order valence-corrected chi connectivity index (χ4v) is 2.48. The Morgan fingerprint density at radius 1 is 1.26 bits per heavy atom. The van der Waals surface area contributed by atoms with Gasteiger partial charge in [0.15, 0.2) is 6.61 Å². The average molecular weight is 371 g/mol. The van der Waals surface area contributed by atoms with Crippen molar-refractivity contribution < 1.29 is 19.1 Å². The monoisotopic (exact) mass is 371 g/mol. The maximum Gasteiger partial charge on any atom is 0.331 e. The summed E-state index contributed by atoms with van der Waals surface area (Å²) in [4.78, 5) is 23.5. The molecule has 1 N–H and O–H groups in total. The standard InChI is InChI=1S/C20H25N3O4/c1-14-6-5-7-17(12-14)26-11-10-21-19(24)13-27-20(25)9-8-18-15(2)22-23(4)16(18)3/h5-9,12H,10-11,13H2,1-4H3,(H,21,24)/b9-8+. The van der Waals surface area contributed by atoms with Crippen molar-refractivity contribution in [1.82, 2.24) is 15.1 Å². The first-order valence-corrected chi connectivity index (χ1v) is 8.68. The van der Waals surface area contributed by atoms with Crippen LogP contribution >= 0.6 is 0 Å². The molecule has 0 spiro atoms. The van der Waals surface area contributed by atoms with Gasteiger partial charge in [-0.25, -0.2) is 4.79 Å². The minimum absolute atomic E-state index is 0.328. The maximum absolute atomic E-state index is 11.8. The van der Waals surface area contributed by atoms with Gasteiger partial charge in [0.25, 0.3) is 5.91 Å². The molecule has 0 fully saturated rings. The molecule has 144 valence electrons. The third kappa shape index (κ3) is 6.29. The molecular weight excluding hydrogens is 346 g/mol. The van der Waals surface area contributed by atoms with Crippen LogP contribution in [0.3, 0.4) is 0 Å². The third-order valence-electron chi connectivity index (χ3n) is 3.98. The zero-order valence-corrected chi connectivity index (χ0v) is 16.1. The number of aryl methyl sites for hydroxylation is 3. The van der Waals surface area contributed by atoms with Gasteiger partial charge in [-0.05, 0) is 44.5 Å². The van der Waals surface area contributed by atoms with E-state index in [0.717, 1.165) is 28.3 Å². The molecule has 0 saturated heterocycles. The highest BCUT2D eigenvalue weighted by molar-refractivity contribution is 5.89. The number of esters is 1. The second kappa shape index (κ2) is 9.56. The van der Waals surface area contributed by atoms with E-state index in [2.05, 4.69) is 10.4 Å². The molecule has 7 heteroatoms. The molecule has 0 radical (unpaired) electrons. The smallest absolute Gasteiger partial charge is 0.331 e. The van der Waals surface area contributed by atoms with Crippen molar-refractivity contribution in [2.45, 2.75) is 20.8 Å². The number of benzene rings is 1. The van der Waals surface area contributed by atoms with Crippen LogP contribution < -0.4 is 10.1 Å². The minimum Gasteiger partial charge on any atom is -0.492 e. The molecule has 1 aromatic carbocycles. The van der Waals surface area contributed by atoms with Crippen LogP contribution in [-0.2, 0) is 21.4 Å². The summed E-state index contributed by atoms with van der Waals surface area (Å²) in [5.41, 5.74) is 3.74. The molecule has 1 amide bonds. The summed E-state index contributed by atoms with van der Waals surface area (Å²) in [5.74, 6) is -0.205. The van der Waals surface area contributed by atoms with Gasteiger partial charge in [-0.2, -0.15) is 5.10 Å². The summed E-state index contributed by atoms with van der Waals surface area (Å²) >= 11 is 0. The molecule has 1 heterocycles.